The van der Waals surface area contributed by atoms with Gasteiger partial charge in [0, 0.05) is 40.7 Å². The summed E-state index contributed by atoms with van der Waals surface area (Å²) in [6, 6.07) is 14.1. The number of thiazole rings is 1. The van der Waals surface area contributed by atoms with Gasteiger partial charge in [0.2, 0.25) is 4.80 Å². The number of H-pyrrole nitrogens is 1. The van der Waals surface area contributed by atoms with Gasteiger partial charge < -0.3 is 14.5 Å². The van der Waals surface area contributed by atoms with E-state index in [-0.39, 0.29) is 0 Å². The number of nitrogens with one attached hydrogen (secondary N) is 1. The molecule has 7 heteroatoms. The number of para-hydroxylation sites is 1. The Kier molecular flexibility index (Phi) is 4.21. The fourth-order valence-corrected chi connectivity index (χ4v) is 4.09. The molecule has 0 saturated carbocycles. The summed E-state index contributed by atoms with van der Waals surface area (Å²) >= 11 is 1.55. The molecular weight excluding hydrogens is 372 g/mol. The van der Waals surface area contributed by atoms with Gasteiger partial charge in [0.1, 0.15) is 13.2 Å². The molecule has 0 saturated heterocycles. The Labute approximate surface area is 165 Å². The van der Waals surface area contributed by atoms with Gasteiger partial charge in [-0.25, -0.2) is 4.68 Å². The Morgan fingerprint density at radius 3 is 2.86 bits per heavy atom. The zero-order valence-electron chi connectivity index (χ0n) is 15.3. The van der Waals surface area contributed by atoms with Crippen LogP contribution in [0.15, 0.2) is 64.1 Å². The molecule has 0 radical (unpaired) electrons. The number of ether oxygens (including phenoxy) is 2. The van der Waals surface area contributed by atoms with Gasteiger partial charge in [-0.1, -0.05) is 18.2 Å². The van der Waals surface area contributed by atoms with Crippen molar-refractivity contribution in [1.29, 1.82) is 0 Å². The molecule has 0 fully saturated rings. The zero-order valence-corrected chi connectivity index (χ0v) is 16.1. The highest BCUT2D eigenvalue weighted by atomic mass is 32.1. The van der Waals surface area contributed by atoms with Crippen LogP contribution in [-0.4, -0.2) is 36.1 Å². The van der Waals surface area contributed by atoms with Gasteiger partial charge in [0.05, 0.1) is 11.9 Å². The van der Waals surface area contributed by atoms with Crippen LogP contribution < -0.4 is 14.3 Å². The molecule has 2 aromatic heterocycles. The molecule has 0 aliphatic carbocycles. The molecule has 0 amide bonds. The molecule has 1 aliphatic rings. The van der Waals surface area contributed by atoms with Crippen LogP contribution in [0.3, 0.4) is 0 Å². The molecule has 3 heterocycles. The van der Waals surface area contributed by atoms with Gasteiger partial charge in [-0.05, 0) is 24.3 Å². The number of fused-ring (bicyclic) bond motifs is 2. The van der Waals surface area contributed by atoms with Gasteiger partial charge in [-0.3, -0.25) is 4.99 Å². The van der Waals surface area contributed by atoms with Crippen LogP contribution in [-0.2, 0) is 0 Å². The first-order valence-corrected chi connectivity index (χ1v) is 9.85. The summed E-state index contributed by atoms with van der Waals surface area (Å²) in [5.41, 5.74) is 4.08. The molecule has 0 bridgehead atoms. The first kappa shape index (κ1) is 16.8. The largest absolute Gasteiger partial charge is 0.486 e. The Morgan fingerprint density at radius 1 is 1.11 bits per heavy atom. The number of hydrogen-bond donors (Lipinski definition) is 1. The Hall–Kier alpha value is -3.32. The molecule has 6 nitrogen and oxygen atoms in total. The third-order valence-corrected chi connectivity index (χ3v) is 5.56. The summed E-state index contributed by atoms with van der Waals surface area (Å²) in [7, 11) is 1.77. The van der Waals surface area contributed by atoms with Crippen LogP contribution >= 0.6 is 11.3 Å². The van der Waals surface area contributed by atoms with E-state index in [4.69, 9.17) is 14.6 Å². The number of aromatic nitrogens is 2. The Balaban J connectivity index is 1.58. The Morgan fingerprint density at radius 2 is 1.96 bits per heavy atom. The number of aromatic amines is 1. The minimum atomic E-state index is 0.564. The lowest BCUT2D eigenvalue weighted by Crippen LogP contribution is -2.15. The summed E-state index contributed by atoms with van der Waals surface area (Å²) in [6.07, 6.45) is 3.83. The van der Waals surface area contributed by atoms with Crippen LogP contribution in [0.25, 0.3) is 22.2 Å². The average Bonchev–Trinajstić information content (AvgIpc) is 3.35. The van der Waals surface area contributed by atoms with E-state index in [2.05, 4.69) is 27.5 Å². The van der Waals surface area contributed by atoms with Crippen molar-refractivity contribution in [2.24, 2.45) is 10.1 Å². The van der Waals surface area contributed by atoms with Gasteiger partial charge in [-0.15, -0.1) is 11.3 Å². The maximum Gasteiger partial charge on any atom is 0.205 e. The topological polar surface area (TPSA) is 63.9 Å². The highest BCUT2D eigenvalue weighted by Gasteiger charge is 2.15. The molecule has 1 N–H and O–H groups in total. The molecule has 5 rings (SSSR count). The van der Waals surface area contributed by atoms with Crippen LogP contribution in [0.4, 0.5) is 0 Å². The van der Waals surface area contributed by atoms with Gasteiger partial charge in [-0.2, -0.15) is 5.10 Å². The van der Waals surface area contributed by atoms with Crippen LogP contribution in [0.1, 0.15) is 5.56 Å². The van der Waals surface area contributed by atoms with Crippen molar-refractivity contribution in [3.05, 3.63) is 64.4 Å². The molecule has 4 aromatic rings. The standard InChI is InChI=1S/C21H18N4O2S/c1-22-21-25(24-12-15-11-23-17-5-3-2-4-16(15)17)18(13-28-21)14-6-7-19-20(10-14)27-9-8-26-19/h2-7,10-13,23H,8-9H2,1H3. The van der Waals surface area contributed by atoms with Crippen molar-refractivity contribution < 1.29 is 9.47 Å². The second-order valence-electron chi connectivity index (χ2n) is 6.33. The predicted octanol–water partition coefficient (Wildman–Crippen LogP) is 3.88. The number of benzene rings is 2. The molecule has 1 aliphatic heterocycles. The van der Waals surface area contributed by atoms with E-state index in [1.807, 2.05) is 47.4 Å². The van der Waals surface area contributed by atoms with E-state index in [0.29, 0.717) is 13.2 Å². The third kappa shape index (κ3) is 2.90. The van der Waals surface area contributed by atoms with E-state index in [0.717, 1.165) is 44.0 Å². The van der Waals surface area contributed by atoms with E-state index in [1.54, 1.807) is 18.4 Å². The summed E-state index contributed by atoms with van der Waals surface area (Å²) < 4.78 is 13.2. The summed E-state index contributed by atoms with van der Waals surface area (Å²) in [5.74, 6) is 1.54. The van der Waals surface area contributed by atoms with Crippen molar-refractivity contribution >= 4 is 28.5 Å². The summed E-state index contributed by atoms with van der Waals surface area (Å²) in [4.78, 5) is 8.47. The van der Waals surface area contributed by atoms with Gasteiger partial charge >= 0.3 is 0 Å². The Bertz CT molecular complexity index is 1250. The number of hydrogen-bond acceptors (Lipinski definition) is 5. The van der Waals surface area contributed by atoms with Crippen molar-refractivity contribution in [3.8, 4) is 22.8 Å². The monoisotopic (exact) mass is 390 g/mol. The fourth-order valence-electron chi connectivity index (χ4n) is 3.28. The quantitative estimate of drug-likeness (QED) is 0.540. The van der Waals surface area contributed by atoms with Crippen molar-refractivity contribution in [3.63, 3.8) is 0 Å². The lowest BCUT2D eigenvalue weighted by atomic mass is 10.1. The minimum Gasteiger partial charge on any atom is -0.486 e. The zero-order chi connectivity index (χ0) is 18.9. The van der Waals surface area contributed by atoms with Crippen LogP contribution in [0, 0.1) is 0 Å². The molecule has 0 spiro atoms. The highest BCUT2D eigenvalue weighted by molar-refractivity contribution is 7.07. The third-order valence-electron chi connectivity index (χ3n) is 4.65. The smallest absolute Gasteiger partial charge is 0.205 e. The first-order valence-electron chi connectivity index (χ1n) is 8.97. The fraction of sp³-hybridized carbons (Fsp3) is 0.143. The maximum atomic E-state index is 5.73. The minimum absolute atomic E-state index is 0.564. The van der Waals surface area contributed by atoms with E-state index >= 15 is 0 Å². The maximum absolute atomic E-state index is 5.73. The summed E-state index contributed by atoms with van der Waals surface area (Å²) in [6.45, 7) is 1.15. The van der Waals surface area contributed by atoms with E-state index in [9.17, 15) is 0 Å². The van der Waals surface area contributed by atoms with Crippen molar-refractivity contribution in [2.75, 3.05) is 20.3 Å². The normalized spacial score (nSPS) is 14.2. The van der Waals surface area contributed by atoms with E-state index in [1.165, 1.54) is 0 Å². The highest BCUT2D eigenvalue weighted by Crippen LogP contribution is 2.34. The summed E-state index contributed by atoms with van der Waals surface area (Å²) in [5, 5.41) is 7.93. The molecule has 0 unspecified atom stereocenters. The second kappa shape index (κ2) is 7.01. The van der Waals surface area contributed by atoms with E-state index < -0.39 is 0 Å². The average molecular weight is 390 g/mol. The molecule has 0 atom stereocenters. The predicted molar refractivity (Wildman–Crippen MR) is 112 cm³/mol. The van der Waals surface area contributed by atoms with Crippen LogP contribution in [0.2, 0.25) is 0 Å². The first-order chi connectivity index (χ1) is 13.8. The molecular formula is C21H18N4O2S. The number of rotatable bonds is 3. The number of nitrogens with zero attached hydrogens (tertiary/aromatic N) is 3. The lowest BCUT2D eigenvalue weighted by molar-refractivity contribution is 0.171. The van der Waals surface area contributed by atoms with Crippen molar-refractivity contribution in [2.45, 2.75) is 0 Å². The molecule has 140 valence electrons. The molecule has 28 heavy (non-hydrogen) atoms. The van der Waals surface area contributed by atoms with Gasteiger partial charge in [0.25, 0.3) is 0 Å². The van der Waals surface area contributed by atoms with Crippen LogP contribution in [0.5, 0.6) is 11.5 Å². The molecule has 2 aromatic carbocycles. The lowest BCUT2D eigenvalue weighted by Gasteiger charge is -2.18. The van der Waals surface area contributed by atoms with Crippen molar-refractivity contribution in [1.82, 2.24) is 9.66 Å². The van der Waals surface area contributed by atoms with Gasteiger partial charge in [0.15, 0.2) is 11.5 Å². The second-order valence-corrected chi connectivity index (χ2v) is 7.17. The SMILES string of the molecule is CN=c1scc(-c2ccc3c(c2)OCCO3)n1N=Cc1c[nH]c2ccccc12.